The normalized spacial score (nSPS) is 13.3. The molecule has 0 aromatic heterocycles. The molecule has 1 aromatic rings. The summed E-state index contributed by atoms with van der Waals surface area (Å²) in [5, 5.41) is 2.59. The zero-order valence-electron chi connectivity index (χ0n) is 10.1. The van der Waals surface area contributed by atoms with E-state index < -0.39 is 11.9 Å². The summed E-state index contributed by atoms with van der Waals surface area (Å²) in [6.07, 6.45) is 0. The van der Waals surface area contributed by atoms with E-state index in [1.165, 1.54) is 12.1 Å². The maximum absolute atomic E-state index is 13.2. The molecule has 3 nitrogen and oxygen atoms in total. The van der Waals surface area contributed by atoms with Crippen LogP contribution in [0.15, 0.2) is 22.7 Å². The maximum Gasteiger partial charge on any atom is 0.241 e. The fourth-order valence-electron chi connectivity index (χ4n) is 1.19. The van der Waals surface area contributed by atoms with Crippen molar-refractivity contribution in [1.29, 1.82) is 0 Å². The van der Waals surface area contributed by atoms with Crippen LogP contribution in [-0.4, -0.2) is 11.9 Å². The molecule has 1 aromatic carbocycles. The Bertz CT molecular complexity index is 429. The van der Waals surface area contributed by atoms with Gasteiger partial charge in [-0.25, -0.2) is 4.39 Å². The van der Waals surface area contributed by atoms with Crippen LogP contribution in [-0.2, 0) is 4.79 Å². The number of hydrogen-bond donors (Lipinski definition) is 2. The summed E-state index contributed by atoms with van der Waals surface area (Å²) in [6.45, 7) is 5.62. The topological polar surface area (TPSA) is 55.1 Å². The molecule has 0 aliphatic heterocycles. The van der Waals surface area contributed by atoms with Gasteiger partial charge in [-0.15, -0.1) is 0 Å². The van der Waals surface area contributed by atoms with E-state index in [2.05, 4.69) is 21.2 Å². The molecule has 0 saturated heterocycles. The molecule has 0 radical (unpaired) electrons. The van der Waals surface area contributed by atoms with E-state index in [0.29, 0.717) is 10.2 Å². The fraction of sp³-hybridized carbons (Fsp3) is 0.417. The van der Waals surface area contributed by atoms with Crippen molar-refractivity contribution in [3.05, 3.63) is 28.5 Å². The van der Waals surface area contributed by atoms with Gasteiger partial charge in [-0.2, -0.15) is 0 Å². The van der Waals surface area contributed by atoms with Crippen molar-refractivity contribution in [2.45, 2.75) is 26.8 Å². The molecular weight excluding hydrogens is 287 g/mol. The van der Waals surface area contributed by atoms with Gasteiger partial charge in [-0.3, -0.25) is 4.79 Å². The molecule has 0 bridgehead atoms. The largest absolute Gasteiger partial charge is 0.325 e. The number of halogens is 2. The summed E-state index contributed by atoms with van der Waals surface area (Å²) in [7, 11) is 0. The number of hydrogen-bond acceptors (Lipinski definition) is 2. The van der Waals surface area contributed by atoms with Gasteiger partial charge < -0.3 is 11.1 Å². The minimum absolute atomic E-state index is 0.320. The quantitative estimate of drug-likeness (QED) is 0.882. The second-order valence-electron chi connectivity index (χ2n) is 4.96. The standard InChI is InChI=1S/C12H16BrFN2O/c1-12(2,3)10(15)11(17)16-7-4-5-8(13)9(14)6-7/h4-6,10H,15H2,1-3H3,(H,16,17)/t10-/m0/s1. The molecule has 0 spiro atoms. The Balaban J connectivity index is 2.78. The van der Waals surface area contributed by atoms with E-state index in [1.54, 1.807) is 6.07 Å². The SMILES string of the molecule is CC(C)(C)[C@@H](N)C(=O)Nc1ccc(Br)c(F)c1. The van der Waals surface area contributed by atoms with Crippen molar-refractivity contribution in [3.63, 3.8) is 0 Å². The van der Waals surface area contributed by atoms with Crippen LogP contribution in [0.3, 0.4) is 0 Å². The van der Waals surface area contributed by atoms with Crippen molar-refractivity contribution in [2.24, 2.45) is 11.1 Å². The first-order valence-corrected chi connectivity index (χ1v) is 6.02. The summed E-state index contributed by atoms with van der Waals surface area (Å²) in [5.41, 5.74) is 5.86. The molecule has 94 valence electrons. The molecular formula is C12H16BrFN2O. The lowest BCUT2D eigenvalue weighted by Gasteiger charge is -2.25. The Kier molecular flexibility index (Phi) is 4.27. The molecule has 1 atom stereocenters. The number of nitrogens with two attached hydrogens (primary N) is 1. The summed E-state index contributed by atoms with van der Waals surface area (Å²) in [5.74, 6) is -0.744. The highest BCUT2D eigenvalue weighted by Gasteiger charge is 2.27. The Morgan fingerprint density at radius 1 is 1.47 bits per heavy atom. The van der Waals surface area contributed by atoms with Crippen molar-refractivity contribution in [3.8, 4) is 0 Å². The minimum atomic E-state index is -0.644. The van der Waals surface area contributed by atoms with E-state index in [1.807, 2.05) is 20.8 Å². The molecule has 0 aliphatic carbocycles. The average molecular weight is 303 g/mol. The number of carbonyl (C=O) groups is 1. The second kappa shape index (κ2) is 5.14. The molecule has 0 saturated carbocycles. The number of amides is 1. The first kappa shape index (κ1) is 14.1. The third-order valence-corrected chi connectivity index (χ3v) is 3.05. The molecule has 0 heterocycles. The van der Waals surface area contributed by atoms with Gasteiger partial charge in [-0.1, -0.05) is 20.8 Å². The van der Waals surface area contributed by atoms with Crippen molar-refractivity contribution in [2.75, 3.05) is 5.32 Å². The molecule has 0 unspecified atom stereocenters. The smallest absolute Gasteiger partial charge is 0.241 e. The predicted molar refractivity (Wildman–Crippen MR) is 70.2 cm³/mol. The first-order valence-electron chi connectivity index (χ1n) is 5.23. The van der Waals surface area contributed by atoms with Crippen LogP contribution in [0.1, 0.15) is 20.8 Å². The fourth-order valence-corrected chi connectivity index (χ4v) is 1.43. The van der Waals surface area contributed by atoms with Crippen molar-refractivity contribution >= 4 is 27.5 Å². The second-order valence-corrected chi connectivity index (χ2v) is 5.82. The highest BCUT2D eigenvalue weighted by atomic mass is 79.9. The predicted octanol–water partition coefficient (Wildman–Crippen LogP) is 2.90. The molecule has 17 heavy (non-hydrogen) atoms. The van der Waals surface area contributed by atoms with E-state index in [4.69, 9.17) is 5.73 Å². The summed E-state index contributed by atoms with van der Waals surface area (Å²) < 4.78 is 13.6. The molecule has 5 heteroatoms. The van der Waals surface area contributed by atoms with Crippen LogP contribution in [0.2, 0.25) is 0 Å². The van der Waals surface area contributed by atoms with Gasteiger partial charge in [0.1, 0.15) is 5.82 Å². The number of anilines is 1. The minimum Gasteiger partial charge on any atom is -0.325 e. The Morgan fingerprint density at radius 3 is 2.53 bits per heavy atom. The molecule has 1 amide bonds. The monoisotopic (exact) mass is 302 g/mol. The lowest BCUT2D eigenvalue weighted by atomic mass is 9.87. The lowest BCUT2D eigenvalue weighted by molar-refractivity contribution is -0.119. The van der Waals surface area contributed by atoms with E-state index >= 15 is 0 Å². The van der Waals surface area contributed by atoms with Crippen LogP contribution in [0.4, 0.5) is 10.1 Å². The molecule has 1 rings (SSSR count). The number of benzene rings is 1. The Labute approximate surface area is 109 Å². The number of rotatable bonds is 2. The Morgan fingerprint density at radius 2 is 2.06 bits per heavy atom. The van der Waals surface area contributed by atoms with E-state index in [0.717, 1.165) is 0 Å². The Hall–Kier alpha value is -0.940. The van der Waals surface area contributed by atoms with Crippen LogP contribution < -0.4 is 11.1 Å². The summed E-state index contributed by atoms with van der Waals surface area (Å²) >= 11 is 3.04. The third kappa shape index (κ3) is 3.78. The average Bonchev–Trinajstić information content (AvgIpc) is 2.21. The zero-order valence-corrected chi connectivity index (χ0v) is 11.6. The molecule has 0 aliphatic rings. The van der Waals surface area contributed by atoms with Gasteiger partial charge >= 0.3 is 0 Å². The molecule has 0 fully saturated rings. The van der Waals surface area contributed by atoms with E-state index in [9.17, 15) is 9.18 Å². The molecule has 3 N–H and O–H groups in total. The zero-order chi connectivity index (χ0) is 13.2. The third-order valence-electron chi connectivity index (χ3n) is 2.40. The number of nitrogens with one attached hydrogen (secondary N) is 1. The van der Waals surface area contributed by atoms with Crippen LogP contribution in [0.25, 0.3) is 0 Å². The van der Waals surface area contributed by atoms with Crippen LogP contribution in [0, 0.1) is 11.2 Å². The first-order chi connectivity index (χ1) is 7.71. The van der Waals surface area contributed by atoms with Crippen molar-refractivity contribution in [1.82, 2.24) is 0 Å². The van der Waals surface area contributed by atoms with Gasteiger partial charge in [0.2, 0.25) is 5.91 Å². The van der Waals surface area contributed by atoms with Gasteiger partial charge in [0.15, 0.2) is 0 Å². The highest BCUT2D eigenvalue weighted by molar-refractivity contribution is 9.10. The number of carbonyl (C=O) groups excluding carboxylic acids is 1. The summed E-state index contributed by atoms with van der Waals surface area (Å²) in [6, 6.07) is 3.75. The van der Waals surface area contributed by atoms with Gasteiger partial charge in [-0.05, 0) is 39.5 Å². The van der Waals surface area contributed by atoms with Crippen LogP contribution >= 0.6 is 15.9 Å². The van der Waals surface area contributed by atoms with Crippen molar-refractivity contribution < 1.29 is 9.18 Å². The van der Waals surface area contributed by atoms with Gasteiger partial charge in [0, 0.05) is 5.69 Å². The lowest BCUT2D eigenvalue weighted by Crippen LogP contribution is -2.45. The van der Waals surface area contributed by atoms with E-state index in [-0.39, 0.29) is 11.3 Å². The highest BCUT2D eigenvalue weighted by Crippen LogP contribution is 2.21. The summed E-state index contributed by atoms with van der Waals surface area (Å²) in [4.78, 5) is 11.8. The maximum atomic E-state index is 13.2. The van der Waals surface area contributed by atoms with Crippen LogP contribution in [0.5, 0.6) is 0 Å². The van der Waals surface area contributed by atoms with Gasteiger partial charge in [0.05, 0.1) is 10.5 Å². The van der Waals surface area contributed by atoms with Gasteiger partial charge in [0.25, 0.3) is 0 Å².